The van der Waals surface area contributed by atoms with Gasteiger partial charge in [0.1, 0.15) is 0 Å². The van der Waals surface area contributed by atoms with Crippen LogP contribution in [0.4, 0.5) is 0 Å². The summed E-state index contributed by atoms with van der Waals surface area (Å²) < 4.78 is 1.26. The van der Waals surface area contributed by atoms with Crippen molar-refractivity contribution < 1.29 is 0 Å². The predicted molar refractivity (Wildman–Crippen MR) is 87.5 cm³/mol. The number of hydrogen-bond acceptors (Lipinski definition) is 3. The molecule has 0 N–H and O–H groups in total. The van der Waals surface area contributed by atoms with Gasteiger partial charge < -0.3 is 0 Å². The molecule has 0 aliphatic carbocycles. The van der Waals surface area contributed by atoms with E-state index in [0.717, 1.165) is 6.42 Å². The van der Waals surface area contributed by atoms with Crippen molar-refractivity contribution in [1.29, 1.82) is 0 Å². The molecule has 3 rings (SSSR count). The molecule has 20 heavy (non-hydrogen) atoms. The highest BCUT2D eigenvalue weighted by atomic mass is 32.2. The van der Waals surface area contributed by atoms with Crippen molar-refractivity contribution in [3.05, 3.63) is 65.8 Å². The molecule has 3 heteroatoms. The van der Waals surface area contributed by atoms with E-state index in [-0.39, 0.29) is 0 Å². The van der Waals surface area contributed by atoms with Crippen molar-refractivity contribution in [2.75, 3.05) is 0 Å². The Labute approximate surface area is 127 Å². The van der Waals surface area contributed by atoms with E-state index in [1.165, 1.54) is 25.2 Å². The van der Waals surface area contributed by atoms with Crippen molar-refractivity contribution in [2.24, 2.45) is 0 Å². The first-order chi connectivity index (χ1) is 9.85. The van der Waals surface area contributed by atoms with E-state index in [1.807, 2.05) is 12.3 Å². The summed E-state index contributed by atoms with van der Waals surface area (Å²) in [5, 5.41) is 1.20. The van der Waals surface area contributed by atoms with Crippen LogP contribution >= 0.6 is 23.1 Å². The van der Waals surface area contributed by atoms with Crippen molar-refractivity contribution in [1.82, 2.24) is 4.98 Å². The Morgan fingerprint density at radius 2 is 1.80 bits per heavy atom. The summed E-state index contributed by atoms with van der Waals surface area (Å²) in [5.74, 6) is 0. The standard InChI is InChI=1S/C17H15NS2/c1-2-16-18-12-17(20-16)19-15-10-6-9-14(11-15)13-7-4-3-5-8-13/h3-12H,2H2,1H3. The molecule has 0 aliphatic heterocycles. The molecule has 0 fully saturated rings. The molecular formula is C17H15NS2. The maximum Gasteiger partial charge on any atom is 0.0934 e. The average Bonchev–Trinajstić information content (AvgIpc) is 2.96. The minimum Gasteiger partial charge on any atom is -0.248 e. The molecule has 100 valence electrons. The van der Waals surface area contributed by atoms with Gasteiger partial charge in [0, 0.05) is 4.90 Å². The van der Waals surface area contributed by atoms with Crippen LogP contribution in [0.5, 0.6) is 0 Å². The Bertz CT molecular complexity index is 689. The van der Waals surface area contributed by atoms with Crippen LogP contribution in [0.1, 0.15) is 11.9 Å². The lowest BCUT2D eigenvalue weighted by Gasteiger charge is -2.04. The Hall–Kier alpha value is -1.58. The fourth-order valence-electron chi connectivity index (χ4n) is 1.99. The van der Waals surface area contributed by atoms with E-state index in [1.54, 1.807) is 23.1 Å². The highest BCUT2D eigenvalue weighted by Crippen LogP contribution is 2.34. The largest absolute Gasteiger partial charge is 0.248 e. The molecule has 0 spiro atoms. The number of benzene rings is 2. The number of rotatable bonds is 4. The van der Waals surface area contributed by atoms with Gasteiger partial charge in [-0.05, 0) is 29.7 Å². The number of nitrogens with zero attached hydrogens (tertiary/aromatic N) is 1. The number of thiazole rings is 1. The van der Waals surface area contributed by atoms with E-state index >= 15 is 0 Å². The van der Waals surface area contributed by atoms with E-state index < -0.39 is 0 Å². The number of aryl methyl sites for hydroxylation is 1. The topological polar surface area (TPSA) is 12.9 Å². The summed E-state index contributed by atoms with van der Waals surface area (Å²) in [5.41, 5.74) is 2.52. The van der Waals surface area contributed by atoms with Gasteiger partial charge in [-0.1, -0.05) is 61.2 Å². The zero-order valence-corrected chi connectivity index (χ0v) is 12.9. The highest BCUT2D eigenvalue weighted by Gasteiger charge is 2.04. The zero-order valence-electron chi connectivity index (χ0n) is 11.2. The van der Waals surface area contributed by atoms with Crippen LogP contribution in [0.25, 0.3) is 11.1 Å². The van der Waals surface area contributed by atoms with Gasteiger partial charge in [-0.15, -0.1) is 11.3 Å². The molecule has 2 aromatic carbocycles. The van der Waals surface area contributed by atoms with Crippen LogP contribution in [0.2, 0.25) is 0 Å². The van der Waals surface area contributed by atoms with Crippen LogP contribution in [-0.4, -0.2) is 4.98 Å². The molecule has 0 aliphatic rings. The monoisotopic (exact) mass is 297 g/mol. The molecule has 3 aromatic rings. The van der Waals surface area contributed by atoms with E-state index in [2.05, 4.69) is 60.4 Å². The summed E-state index contributed by atoms with van der Waals surface area (Å²) in [6.45, 7) is 2.14. The van der Waals surface area contributed by atoms with Gasteiger partial charge in [-0.2, -0.15) is 0 Å². The third-order valence-electron chi connectivity index (χ3n) is 2.99. The van der Waals surface area contributed by atoms with Gasteiger partial charge in [0.25, 0.3) is 0 Å². The van der Waals surface area contributed by atoms with Gasteiger partial charge in [0.15, 0.2) is 0 Å². The molecule has 0 radical (unpaired) electrons. The van der Waals surface area contributed by atoms with Crippen LogP contribution in [0.15, 0.2) is 69.9 Å². The summed E-state index contributed by atoms with van der Waals surface area (Å²) in [6.07, 6.45) is 2.98. The van der Waals surface area contributed by atoms with Gasteiger partial charge in [0.05, 0.1) is 15.4 Å². The van der Waals surface area contributed by atoms with Crippen molar-refractivity contribution in [2.45, 2.75) is 22.4 Å². The molecule has 1 nitrogen and oxygen atoms in total. The smallest absolute Gasteiger partial charge is 0.0934 e. The second kappa shape index (κ2) is 6.25. The van der Waals surface area contributed by atoms with Gasteiger partial charge >= 0.3 is 0 Å². The first-order valence-corrected chi connectivity index (χ1v) is 8.26. The Morgan fingerprint density at radius 1 is 1.00 bits per heavy atom. The quantitative estimate of drug-likeness (QED) is 0.628. The minimum atomic E-state index is 1.01. The lowest BCUT2D eigenvalue weighted by atomic mass is 10.1. The minimum absolute atomic E-state index is 1.01. The normalized spacial score (nSPS) is 10.7. The third kappa shape index (κ3) is 3.11. The average molecular weight is 297 g/mol. The molecule has 0 bridgehead atoms. The van der Waals surface area contributed by atoms with Gasteiger partial charge in [-0.25, -0.2) is 4.98 Å². The summed E-state index contributed by atoms with van der Waals surface area (Å²) in [4.78, 5) is 5.67. The molecule has 0 saturated carbocycles. The summed E-state index contributed by atoms with van der Waals surface area (Å²) in [7, 11) is 0. The van der Waals surface area contributed by atoms with E-state index in [9.17, 15) is 0 Å². The van der Waals surface area contributed by atoms with Crippen LogP contribution < -0.4 is 0 Å². The van der Waals surface area contributed by atoms with Crippen LogP contribution in [-0.2, 0) is 6.42 Å². The maximum atomic E-state index is 4.41. The first kappa shape index (κ1) is 13.4. The van der Waals surface area contributed by atoms with Crippen molar-refractivity contribution >= 4 is 23.1 Å². The fraction of sp³-hybridized carbons (Fsp3) is 0.118. The van der Waals surface area contributed by atoms with Gasteiger partial charge in [0.2, 0.25) is 0 Å². The second-order valence-corrected chi connectivity index (χ2v) is 6.91. The van der Waals surface area contributed by atoms with Crippen LogP contribution in [0, 0.1) is 0 Å². The highest BCUT2D eigenvalue weighted by molar-refractivity contribution is 8.01. The van der Waals surface area contributed by atoms with Crippen molar-refractivity contribution in [3.63, 3.8) is 0 Å². The molecule has 0 amide bonds. The first-order valence-electron chi connectivity index (χ1n) is 6.63. The molecule has 0 atom stereocenters. The van der Waals surface area contributed by atoms with E-state index in [4.69, 9.17) is 0 Å². The number of hydrogen-bond donors (Lipinski definition) is 0. The van der Waals surface area contributed by atoms with Gasteiger partial charge in [-0.3, -0.25) is 0 Å². The molecule has 1 aromatic heterocycles. The van der Waals surface area contributed by atoms with E-state index in [0.29, 0.717) is 0 Å². The van der Waals surface area contributed by atoms with Crippen molar-refractivity contribution in [3.8, 4) is 11.1 Å². The predicted octanol–water partition coefficient (Wildman–Crippen LogP) is 5.52. The summed E-state index contributed by atoms with van der Waals surface area (Å²) in [6, 6.07) is 19.2. The molecule has 0 saturated heterocycles. The summed E-state index contributed by atoms with van der Waals surface area (Å²) >= 11 is 3.57. The SMILES string of the molecule is CCc1ncc(Sc2cccc(-c3ccccc3)c2)s1. The zero-order chi connectivity index (χ0) is 13.8. The number of aromatic nitrogens is 1. The molecular weight excluding hydrogens is 282 g/mol. The Balaban J connectivity index is 1.84. The fourth-order valence-corrected chi connectivity index (χ4v) is 3.99. The lowest BCUT2D eigenvalue weighted by Crippen LogP contribution is -1.77. The Morgan fingerprint density at radius 3 is 2.55 bits per heavy atom. The maximum absolute atomic E-state index is 4.41. The third-order valence-corrected chi connectivity index (χ3v) is 5.23. The van der Waals surface area contributed by atoms with Crippen LogP contribution in [0.3, 0.4) is 0 Å². The Kier molecular flexibility index (Phi) is 4.19. The lowest BCUT2D eigenvalue weighted by molar-refractivity contribution is 1.09. The molecule has 0 unspecified atom stereocenters. The second-order valence-electron chi connectivity index (χ2n) is 4.42. The molecule has 1 heterocycles.